The molecule has 0 radical (unpaired) electrons. The van der Waals surface area contributed by atoms with Gasteiger partial charge in [0.15, 0.2) is 9.84 Å². The summed E-state index contributed by atoms with van der Waals surface area (Å²) in [5.74, 6) is 0.631. The molecule has 5 nitrogen and oxygen atoms in total. The second-order valence-electron chi connectivity index (χ2n) is 5.86. The smallest absolute Gasteiger partial charge is 0.211 e. The third kappa shape index (κ3) is 6.06. The molecule has 2 rings (SSSR count). The molecule has 1 aromatic rings. The summed E-state index contributed by atoms with van der Waals surface area (Å²) in [6.45, 7) is 0.327. The van der Waals surface area contributed by atoms with Gasteiger partial charge in [0.25, 0.3) is 0 Å². The Kier molecular flexibility index (Phi) is 6.00. The Bertz CT molecular complexity index is 669. The highest BCUT2D eigenvalue weighted by atomic mass is 32.2. The summed E-state index contributed by atoms with van der Waals surface area (Å²) >= 11 is 0. The minimum atomic E-state index is -3.27. The number of sulfonamides is 1. The Morgan fingerprint density at radius 1 is 1.18 bits per heavy atom. The van der Waals surface area contributed by atoms with E-state index in [2.05, 4.69) is 4.72 Å². The minimum absolute atomic E-state index is 0.0945. The van der Waals surface area contributed by atoms with E-state index in [1.54, 1.807) is 0 Å². The average molecular weight is 345 g/mol. The number of benzene rings is 1. The van der Waals surface area contributed by atoms with Crippen LogP contribution in [-0.4, -0.2) is 40.6 Å². The number of hydrogen-bond acceptors (Lipinski definition) is 4. The zero-order chi connectivity index (χ0) is 16.1. The van der Waals surface area contributed by atoms with Crippen LogP contribution in [0.2, 0.25) is 0 Å². The summed E-state index contributed by atoms with van der Waals surface area (Å²) in [5, 5.41) is 0. The van der Waals surface area contributed by atoms with Gasteiger partial charge < -0.3 is 0 Å². The third-order valence-electron chi connectivity index (χ3n) is 3.92. The summed E-state index contributed by atoms with van der Waals surface area (Å²) in [6.07, 6.45) is 2.56. The zero-order valence-electron chi connectivity index (χ0n) is 12.6. The lowest BCUT2D eigenvalue weighted by atomic mass is 10.1. The van der Waals surface area contributed by atoms with Crippen LogP contribution in [0.3, 0.4) is 0 Å². The molecule has 0 aromatic heterocycles. The second kappa shape index (κ2) is 7.57. The summed E-state index contributed by atoms with van der Waals surface area (Å²) in [7, 11) is -6.16. The number of sulfone groups is 1. The van der Waals surface area contributed by atoms with Gasteiger partial charge in [0, 0.05) is 6.54 Å². The Balaban J connectivity index is 1.66. The Morgan fingerprint density at radius 2 is 1.91 bits per heavy atom. The normalized spacial score (nSPS) is 21.0. The summed E-state index contributed by atoms with van der Waals surface area (Å²) in [5.41, 5.74) is 1.13. The maximum atomic E-state index is 11.9. The van der Waals surface area contributed by atoms with Gasteiger partial charge in [-0.25, -0.2) is 21.6 Å². The van der Waals surface area contributed by atoms with Crippen molar-refractivity contribution < 1.29 is 16.8 Å². The molecule has 0 bridgehead atoms. The molecule has 1 heterocycles. The van der Waals surface area contributed by atoms with Gasteiger partial charge in [-0.3, -0.25) is 0 Å². The largest absolute Gasteiger partial charge is 0.229 e. The van der Waals surface area contributed by atoms with E-state index in [4.69, 9.17) is 0 Å². The topological polar surface area (TPSA) is 80.3 Å². The fourth-order valence-electron chi connectivity index (χ4n) is 2.70. The minimum Gasteiger partial charge on any atom is -0.229 e. The van der Waals surface area contributed by atoms with Crippen molar-refractivity contribution in [2.24, 2.45) is 5.92 Å². The maximum absolute atomic E-state index is 11.9. The van der Waals surface area contributed by atoms with E-state index in [0.717, 1.165) is 12.0 Å². The van der Waals surface area contributed by atoms with Crippen LogP contribution in [-0.2, 0) is 26.3 Å². The molecule has 1 aromatic carbocycles. The summed E-state index contributed by atoms with van der Waals surface area (Å²) < 4.78 is 49.0. The van der Waals surface area contributed by atoms with E-state index < -0.39 is 19.9 Å². The maximum Gasteiger partial charge on any atom is 0.211 e. The van der Waals surface area contributed by atoms with Gasteiger partial charge >= 0.3 is 0 Å². The van der Waals surface area contributed by atoms with E-state index in [-0.39, 0.29) is 23.2 Å². The van der Waals surface area contributed by atoms with Crippen LogP contribution < -0.4 is 4.72 Å². The van der Waals surface area contributed by atoms with Crippen molar-refractivity contribution >= 4 is 19.9 Å². The number of rotatable bonds is 8. The lowest BCUT2D eigenvalue weighted by molar-refractivity contribution is 0.526. The van der Waals surface area contributed by atoms with Gasteiger partial charge in [0.1, 0.15) is 0 Å². The molecule has 1 atom stereocenters. The molecule has 1 N–H and O–H groups in total. The molecule has 1 aliphatic rings. The highest BCUT2D eigenvalue weighted by Crippen LogP contribution is 2.20. The lowest BCUT2D eigenvalue weighted by Gasteiger charge is -2.09. The van der Waals surface area contributed by atoms with E-state index >= 15 is 0 Å². The molecule has 0 amide bonds. The predicted octanol–water partition coefficient (Wildman–Crippen LogP) is 1.36. The number of nitrogens with one attached hydrogen (secondary N) is 1. The first-order valence-corrected chi connectivity index (χ1v) is 11.1. The highest BCUT2D eigenvalue weighted by Gasteiger charge is 2.27. The van der Waals surface area contributed by atoms with E-state index in [1.807, 2.05) is 30.3 Å². The van der Waals surface area contributed by atoms with Crippen LogP contribution in [0, 0.1) is 5.92 Å². The van der Waals surface area contributed by atoms with Crippen molar-refractivity contribution in [3.63, 3.8) is 0 Å². The van der Waals surface area contributed by atoms with Crippen LogP contribution >= 0.6 is 0 Å². The molecule has 0 saturated carbocycles. The molecule has 1 fully saturated rings. The van der Waals surface area contributed by atoms with Crippen molar-refractivity contribution in [1.82, 2.24) is 4.72 Å². The van der Waals surface area contributed by atoms with Crippen molar-refractivity contribution in [3.8, 4) is 0 Å². The monoisotopic (exact) mass is 345 g/mol. The summed E-state index contributed by atoms with van der Waals surface area (Å²) in [4.78, 5) is 0. The standard InChI is InChI=1S/C15H23NO4S2/c17-21(18)12-9-15(13-21)8-10-16-22(19,20)11-4-7-14-5-2-1-3-6-14/h1-3,5-6,15-16H,4,7-13H2. The predicted molar refractivity (Wildman–Crippen MR) is 87.9 cm³/mol. The van der Waals surface area contributed by atoms with Crippen molar-refractivity contribution in [2.75, 3.05) is 23.8 Å². The first-order valence-electron chi connectivity index (χ1n) is 7.58. The van der Waals surface area contributed by atoms with Crippen molar-refractivity contribution in [2.45, 2.75) is 25.7 Å². The van der Waals surface area contributed by atoms with Gasteiger partial charge in [-0.2, -0.15) is 0 Å². The van der Waals surface area contributed by atoms with Crippen molar-refractivity contribution in [3.05, 3.63) is 35.9 Å². The zero-order valence-corrected chi connectivity index (χ0v) is 14.2. The van der Waals surface area contributed by atoms with Crippen LogP contribution in [0.25, 0.3) is 0 Å². The van der Waals surface area contributed by atoms with Gasteiger partial charge in [-0.1, -0.05) is 30.3 Å². The third-order valence-corrected chi connectivity index (χ3v) is 7.23. The SMILES string of the molecule is O=S1(=O)CCC(CCNS(=O)(=O)CCCc2ccccc2)C1. The first-order chi connectivity index (χ1) is 10.4. The fourth-order valence-corrected chi connectivity index (χ4v) is 5.71. The quantitative estimate of drug-likeness (QED) is 0.771. The van der Waals surface area contributed by atoms with Gasteiger partial charge in [-0.05, 0) is 37.2 Å². The first kappa shape index (κ1) is 17.4. The Labute approximate surface area is 133 Å². The van der Waals surface area contributed by atoms with Crippen LogP contribution in [0.1, 0.15) is 24.8 Å². The van der Waals surface area contributed by atoms with Gasteiger partial charge in [0.2, 0.25) is 10.0 Å². The Hall–Kier alpha value is -0.920. The Morgan fingerprint density at radius 3 is 2.55 bits per heavy atom. The molecule has 124 valence electrons. The molecule has 22 heavy (non-hydrogen) atoms. The molecular weight excluding hydrogens is 322 g/mol. The molecular formula is C15H23NO4S2. The second-order valence-corrected chi connectivity index (χ2v) is 10.0. The van der Waals surface area contributed by atoms with Crippen molar-refractivity contribution in [1.29, 1.82) is 0 Å². The van der Waals surface area contributed by atoms with E-state index in [0.29, 0.717) is 25.8 Å². The number of hydrogen-bond donors (Lipinski definition) is 1. The van der Waals surface area contributed by atoms with Crippen LogP contribution in [0.5, 0.6) is 0 Å². The number of aryl methyl sites for hydroxylation is 1. The van der Waals surface area contributed by atoms with E-state index in [9.17, 15) is 16.8 Å². The molecule has 0 aliphatic carbocycles. The molecule has 1 aliphatic heterocycles. The van der Waals surface area contributed by atoms with Gasteiger partial charge in [0.05, 0.1) is 17.3 Å². The lowest BCUT2D eigenvalue weighted by Crippen LogP contribution is -2.28. The average Bonchev–Trinajstić information content (AvgIpc) is 2.79. The summed E-state index contributed by atoms with van der Waals surface area (Å²) in [6, 6.07) is 9.79. The van der Waals surface area contributed by atoms with Gasteiger partial charge in [-0.15, -0.1) is 0 Å². The molecule has 7 heteroatoms. The highest BCUT2D eigenvalue weighted by molar-refractivity contribution is 7.91. The molecule has 1 unspecified atom stereocenters. The van der Waals surface area contributed by atoms with Crippen LogP contribution in [0.15, 0.2) is 30.3 Å². The fraction of sp³-hybridized carbons (Fsp3) is 0.600. The molecule has 0 spiro atoms. The molecule has 1 saturated heterocycles. The van der Waals surface area contributed by atoms with Crippen LogP contribution in [0.4, 0.5) is 0 Å². The van der Waals surface area contributed by atoms with E-state index in [1.165, 1.54) is 0 Å².